The number of nitrogens with one attached hydrogen (secondary N) is 1. The van der Waals surface area contributed by atoms with E-state index in [0.29, 0.717) is 18.7 Å². The summed E-state index contributed by atoms with van der Waals surface area (Å²) in [6.07, 6.45) is 3.92. The Hall–Kier alpha value is -2.76. The summed E-state index contributed by atoms with van der Waals surface area (Å²) in [7, 11) is 0. The molecule has 1 amide bonds. The zero-order valence-corrected chi connectivity index (χ0v) is 11.0. The second-order valence-corrected chi connectivity index (χ2v) is 5.42. The number of carboxylic acid groups (broad SMARTS) is 1. The average molecular weight is 281 g/mol. The molecule has 2 N–H and O–H groups in total. The molecule has 0 radical (unpaired) electrons. The van der Waals surface area contributed by atoms with Crippen molar-refractivity contribution in [2.45, 2.75) is 18.3 Å². The van der Waals surface area contributed by atoms with Gasteiger partial charge >= 0.3 is 5.97 Å². The van der Waals surface area contributed by atoms with E-state index in [1.54, 1.807) is 18.3 Å². The number of pyridine rings is 2. The van der Waals surface area contributed by atoms with Crippen LogP contribution in [0.15, 0.2) is 30.6 Å². The molecule has 104 valence electrons. The number of hydrogen-bond acceptors (Lipinski definition) is 4. The number of rotatable bonds is 1. The lowest BCUT2D eigenvalue weighted by atomic mass is 9.80. The van der Waals surface area contributed by atoms with Crippen molar-refractivity contribution in [3.63, 3.8) is 0 Å². The van der Waals surface area contributed by atoms with Crippen LogP contribution < -0.4 is 5.32 Å². The van der Waals surface area contributed by atoms with Gasteiger partial charge in [0.25, 0.3) is 0 Å². The van der Waals surface area contributed by atoms with Gasteiger partial charge in [0.15, 0.2) is 0 Å². The Bertz CT molecular complexity index is 803. The van der Waals surface area contributed by atoms with E-state index in [9.17, 15) is 9.59 Å². The molecular formula is C15H11N3O3. The van der Waals surface area contributed by atoms with Gasteiger partial charge < -0.3 is 10.4 Å². The van der Waals surface area contributed by atoms with Gasteiger partial charge in [0.1, 0.15) is 5.82 Å². The maximum atomic E-state index is 12.4. The Labute approximate surface area is 119 Å². The minimum atomic E-state index is -1.01. The summed E-state index contributed by atoms with van der Waals surface area (Å²) >= 11 is 0. The number of anilines is 1. The van der Waals surface area contributed by atoms with E-state index in [-0.39, 0.29) is 11.5 Å². The molecule has 1 atom stereocenters. The molecule has 6 heteroatoms. The first kappa shape index (κ1) is 12.0. The average Bonchev–Trinajstić information content (AvgIpc) is 2.98. The van der Waals surface area contributed by atoms with Crippen LogP contribution >= 0.6 is 0 Å². The van der Waals surface area contributed by atoms with Crippen molar-refractivity contribution in [3.8, 4) is 0 Å². The molecule has 0 aromatic carbocycles. The minimum Gasteiger partial charge on any atom is -0.478 e. The third-order valence-corrected chi connectivity index (χ3v) is 4.26. The molecule has 3 heterocycles. The van der Waals surface area contributed by atoms with Crippen molar-refractivity contribution in [1.82, 2.24) is 9.97 Å². The number of nitrogens with zero attached hydrogens (tertiary/aromatic N) is 2. The molecule has 2 aliphatic rings. The molecule has 0 bridgehead atoms. The molecule has 2 aromatic heterocycles. The number of amides is 1. The van der Waals surface area contributed by atoms with E-state index in [2.05, 4.69) is 15.3 Å². The van der Waals surface area contributed by atoms with Gasteiger partial charge in [0.2, 0.25) is 5.91 Å². The zero-order valence-electron chi connectivity index (χ0n) is 11.0. The van der Waals surface area contributed by atoms with Crippen LogP contribution in [-0.4, -0.2) is 27.0 Å². The highest BCUT2D eigenvalue weighted by molar-refractivity contribution is 6.06. The van der Waals surface area contributed by atoms with Gasteiger partial charge in [-0.2, -0.15) is 0 Å². The molecule has 0 saturated heterocycles. The highest BCUT2D eigenvalue weighted by Crippen LogP contribution is 2.45. The molecule has 1 aliphatic carbocycles. The summed E-state index contributed by atoms with van der Waals surface area (Å²) < 4.78 is 0. The number of aromatic carboxylic acids is 1. The predicted molar refractivity (Wildman–Crippen MR) is 73.1 cm³/mol. The van der Waals surface area contributed by atoms with Gasteiger partial charge in [-0.1, -0.05) is 6.07 Å². The molecule has 4 rings (SSSR count). The van der Waals surface area contributed by atoms with Gasteiger partial charge in [-0.25, -0.2) is 9.78 Å². The third-order valence-electron chi connectivity index (χ3n) is 4.26. The SMILES string of the molecule is O=C(O)c1cnc2c(c1)C[C@]1(C2)C(=O)Nc2ncccc21. The Morgan fingerprint density at radius 3 is 3.00 bits per heavy atom. The van der Waals surface area contributed by atoms with Gasteiger partial charge in [0.05, 0.1) is 11.0 Å². The lowest BCUT2D eigenvalue weighted by Gasteiger charge is -2.19. The molecule has 1 aliphatic heterocycles. The molecule has 0 saturated carbocycles. The number of hydrogen-bond donors (Lipinski definition) is 2. The summed E-state index contributed by atoms with van der Waals surface area (Å²) in [4.78, 5) is 31.9. The van der Waals surface area contributed by atoms with E-state index >= 15 is 0 Å². The van der Waals surface area contributed by atoms with Crippen molar-refractivity contribution in [2.75, 3.05) is 5.32 Å². The van der Waals surface area contributed by atoms with E-state index in [1.807, 2.05) is 6.07 Å². The van der Waals surface area contributed by atoms with E-state index in [4.69, 9.17) is 5.11 Å². The van der Waals surface area contributed by atoms with Crippen LogP contribution in [-0.2, 0) is 23.1 Å². The van der Waals surface area contributed by atoms with E-state index in [0.717, 1.165) is 16.8 Å². The van der Waals surface area contributed by atoms with Crippen LogP contribution in [0.4, 0.5) is 5.82 Å². The number of carbonyl (C=O) groups excluding carboxylic acids is 1. The first-order valence-corrected chi connectivity index (χ1v) is 6.58. The largest absolute Gasteiger partial charge is 0.478 e. The maximum Gasteiger partial charge on any atom is 0.337 e. The van der Waals surface area contributed by atoms with Crippen molar-refractivity contribution in [1.29, 1.82) is 0 Å². The first-order valence-electron chi connectivity index (χ1n) is 6.58. The fourth-order valence-electron chi connectivity index (χ4n) is 3.23. The second kappa shape index (κ2) is 3.88. The molecule has 6 nitrogen and oxygen atoms in total. The van der Waals surface area contributed by atoms with Gasteiger partial charge in [0, 0.05) is 30.1 Å². The summed E-state index contributed by atoms with van der Waals surface area (Å²) in [5.74, 6) is -0.510. The number of fused-ring (bicyclic) bond motifs is 3. The van der Waals surface area contributed by atoms with Crippen molar-refractivity contribution >= 4 is 17.7 Å². The summed E-state index contributed by atoms with van der Waals surface area (Å²) in [5.41, 5.74) is 1.92. The summed E-state index contributed by atoms with van der Waals surface area (Å²) in [6, 6.07) is 5.31. The van der Waals surface area contributed by atoms with Crippen LogP contribution in [0.1, 0.15) is 27.2 Å². The fraction of sp³-hybridized carbons (Fsp3) is 0.200. The topological polar surface area (TPSA) is 92.2 Å². The van der Waals surface area contributed by atoms with Crippen LogP contribution in [0.2, 0.25) is 0 Å². The first-order chi connectivity index (χ1) is 10.1. The fourth-order valence-corrected chi connectivity index (χ4v) is 3.23. The Morgan fingerprint density at radius 2 is 2.19 bits per heavy atom. The standard InChI is InChI=1S/C15H11N3O3/c19-13(20)9-4-8-5-15(6-11(8)17-7-9)10-2-1-3-16-12(10)18-14(15)21/h1-4,7H,5-6H2,(H,19,20)(H,16,18,21)/t15-/m1/s1. The third kappa shape index (κ3) is 1.53. The normalized spacial score (nSPS) is 22.0. The molecule has 2 aromatic rings. The smallest absolute Gasteiger partial charge is 0.337 e. The lowest BCUT2D eigenvalue weighted by Crippen LogP contribution is -2.35. The molecular weight excluding hydrogens is 270 g/mol. The zero-order chi connectivity index (χ0) is 14.6. The van der Waals surface area contributed by atoms with Crippen molar-refractivity contribution in [3.05, 3.63) is 53.0 Å². The van der Waals surface area contributed by atoms with E-state index in [1.165, 1.54) is 6.20 Å². The Kier molecular flexibility index (Phi) is 2.22. The molecule has 21 heavy (non-hydrogen) atoms. The summed E-state index contributed by atoms with van der Waals surface area (Å²) in [5, 5.41) is 11.9. The second-order valence-electron chi connectivity index (χ2n) is 5.42. The number of carboxylic acids is 1. The van der Waals surface area contributed by atoms with Crippen molar-refractivity contribution in [2.24, 2.45) is 0 Å². The van der Waals surface area contributed by atoms with Crippen LogP contribution in [0.25, 0.3) is 0 Å². The van der Waals surface area contributed by atoms with Gasteiger partial charge in [-0.15, -0.1) is 0 Å². The minimum absolute atomic E-state index is 0.0916. The number of aromatic nitrogens is 2. The van der Waals surface area contributed by atoms with Gasteiger partial charge in [-0.05, 0) is 24.1 Å². The molecule has 0 unspecified atom stereocenters. The Balaban J connectivity index is 1.83. The van der Waals surface area contributed by atoms with Crippen LogP contribution in [0.3, 0.4) is 0 Å². The molecule has 1 spiro atoms. The highest BCUT2D eigenvalue weighted by atomic mass is 16.4. The monoisotopic (exact) mass is 281 g/mol. The van der Waals surface area contributed by atoms with Gasteiger partial charge in [-0.3, -0.25) is 9.78 Å². The van der Waals surface area contributed by atoms with Crippen LogP contribution in [0.5, 0.6) is 0 Å². The predicted octanol–water partition coefficient (Wildman–Crippen LogP) is 1.16. The Morgan fingerprint density at radius 1 is 1.33 bits per heavy atom. The maximum absolute atomic E-state index is 12.4. The van der Waals surface area contributed by atoms with E-state index < -0.39 is 11.4 Å². The highest BCUT2D eigenvalue weighted by Gasteiger charge is 2.51. The quantitative estimate of drug-likeness (QED) is 0.818. The van der Waals surface area contributed by atoms with Crippen LogP contribution in [0, 0.1) is 0 Å². The molecule has 0 fully saturated rings. The summed E-state index contributed by atoms with van der Waals surface area (Å²) in [6.45, 7) is 0. The number of carbonyl (C=O) groups is 2. The lowest BCUT2D eigenvalue weighted by molar-refractivity contribution is -0.120. The van der Waals surface area contributed by atoms with Crippen molar-refractivity contribution < 1.29 is 14.7 Å².